The summed E-state index contributed by atoms with van der Waals surface area (Å²) in [7, 11) is -2.78. The molecule has 0 radical (unpaired) electrons. The fourth-order valence-electron chi connectivity index (χ4n) is 0.600. The van der Waals surface area contributed by atoms with Gasteiger partial charge in [-0.25, -0.2) is 0 Å². The van der Waals surface area contributed by atoms with Crippen molar-refractivity contribution in [3.05, 3.63) is 12.7 Å². The van der Waals surface area contributed by atoms with E-state index < -0.39 is 10.4 Å². The van der Waals surface area contributed by atoms with Crippen LogP contribution in [0.2, 0.25) is 0 Å². The van der Waals surface area contributed by atoms with E-state index in [1.165, 1.54) is 11.8 Å². The van der Waals surface area contributed by atoms with Gasteiger partial charge in [-0.05, 0) is 6.92 Å². The van der Waals surface area contributed by atoms with E-state index in [9.17, 15) is 0 Å². The normalized spacial score (nSPS) is 12.1. The Balaban J connectivity index is 0. The lowest BCUT2D eigenvalue weighted by atomic mass is 10.3. The van der Waals surface area contributed by atoms with Crippen molar-refractivity contribution in [2.45, 2.75) is 13.0 Å². The number of amidine groups is 1. The van der Waals surface area contributed by atoms with Gasteiger partial charge in [-0.15, -0.1) is 6.58 Å². The molecule has 0 bridgehead atoms. The van der Waals surface area contributed by atoms with E-state index in [0.717, 1.165) is 5.75 Å². The molecule has 0 saturated heterocycles. The van der Waals surface area contributed by atoms with E-state index in [-0.39, 0.29) is 6.04 Å². The highest BCUT2D eigenvalue weighted by Gasteiger charge is 2.08. The average Bonchev–Trinajstić information content (AvgIpc) is 2.21. The van der Waals surface area contributed by atoms with E-state index in [1.54, 1.807) is 0 Å². The van der Waals surface area contributed by atoms with Gasteiger partial charge in [0, 0.05) is 25.4 Å². The minimum Gasteiger partial charge on any atom is -0.349 e. The van der Waals surface area contributed by atoms with Crippen molar-refractivity contribution in [2.75, 3.05) is 19.3 Å². The van der Waals surface area contributed by atoms with Gasteiger partial charge in [0.1, 0.15) is 0 Å². The van der Waals surface area contributed by atoms with Gasteiger partial charge in [-0.3, -0.25) is 14.5 Å². The number of hydrogen-bond acceptors (Lipinski definition) is 5. The summed E-state index contributed by atoms with van der Waals surface area (Å²) in [6.45, 7) is 6.29. The van der Waals surface area contributed by atoms with Gasteiger partial charge in [0.2, 0.25) is 0 Å². The van der Waals surface area contributed by atoms with E-state index in [0.29, 0.717) is 11.7 Å². The number of thioether (sulfide) groups is 1. The van der Waals surface area contributed by atoms with Crippen LogP contribution in [-0.4, -0.2) is 53.0 Å². The molecule has 0 saturated carbocycles. The smallest absolute Gasteiger partial charge is 0.349 e. The van der Waals surface area contributed by atoms with Gasteiger partial charge in [-0.1, -0.05) is 17.8 Å². The predicted octanol–water partition coefficient (Wildman–Crippen LogP) is 0.467. The van der Waals surface area contributed by atoms with Crippen LogP contribution in [-0.2, 0) is 10.4 Å². The highest BCUT2D eigenvalue weighted by atomic mass is 32.3. The average molecular weight is 285 g/mol. The van der Waals surface area contributed by atoms with Crippen LogP contribution in [0.4, 0.5) is 0 Å². The molecule has 0 aliphatic carbocycles. The molecule has 5 N–H and O–H groups in total. The lowest BCUT2D eigenvalue weighted by molar-refractivity contribution is 0.381. The van der Waals surface area contributed by atoms with Gasteiger partial charge in [0.05, 0.1) is 0 Å². The summed E-state index contributed by atoms with van der Waals surface area (Å²) in [5.41, 5.74) is 5.33. The van der Waals surface area contributed by atoms with Crippen molar-refractivity contribution in [1.82, 2.24) is 4.90 Å². The second-order valence-electron chi connectivity index (χ2n) is 2.98. The maximum absolute atomic E-state index is 8.74. The molecule has 0 aromatic heterocycles. The summed E-state index contributed by atoms with van der Waals surface area (Å²) in [6.07, 6.45) is 1.82. The van der Waals surface area contributed by atoms with Crippen molar-refractivity contribution >= 4 is 27.3 Å². The molecule has 17 heavy (non-hydrogen) atoms. The van der Waals surface area contributed by atoms with Gasteiger partial charge in [0.15, 0.2) is 5.17 Å². The SMILES string of the molecule is C=CC(C)N(C)C(=N)SCCN.O=S(=O)(O)O. The lowest BCUT2D eigenvalue weighted by Gasteiger charge is -2.23. The maximum atomic E-state index is 8.74. The molecule has 0 amide bonds. The molecule has 0 heterocycles. The van der Waals surface area contributed by atoms with Crippen LogP contribution in [0.25, 0.3) is 0 Å². The summed E-state index contributed by atoms with van der Waals surface area (Å²) < 4.78 is 31.6. The topological polar surface area (TPSA) is 128 Å². The lowest BCUT2D eigenvalue weighted by Crippen LogP contribution is -2.31. The van der Waals surface area contributed by atoms with Crippen LogP contribution < -0.4 is 5.73 Å². The van der Waals surface area contributed by atoms with E-state index in [2.05, 4.69) is 6.58 Å². The standard InChI is InChI=1S/C8H17N3S.H2O4S/c1-4-7(2)11(3)8(10)12-6-5-9;1-5(2,3)4/h4,7,10H,1,5-6,9H2,2-3H3;(H2,1,2,3,4). The van der Waals surface area contributed by atoms with Crippen molar-refractivity contribution in [3.63, 3.8) is 0 Å². The fourth-order valence-corrected chi connectivity index (χ4v) is 1.28. The van der Waals surface area contributed by atoms with E-state index in [4.69, 9.17) is 28.7 Å². The summed E-state index contributed by atoms with van der Waals surface area (Å²) in [5.74, 6) is 0.799. The minimum atomic E-state index is -4.67. The van der Waals surface area contributed by atoms with E-state index >= 15 is 0 Å². The first-order valence-corrected chi connectivity index (χ1v) is 6.98. The Morgan fingerprint density at radius 1 is 1.65 bits per heavy atom. The molecule has 102 valence electrons. The second-order valence-corrected chi connectivity index (χ2v) is 4.96. The Labute approximate surface area is 106 Å². The van der Waals surface area contributed by atoms with Crippen LogP contribution in [0.5, 0.6) is 0 Å². The highest BCUT2D eigenvalue weighted by molar-refractivity contribution is 8.13. The van der Waals surface area contributed by atoms with Crippen LogP contribution in [0.1, 0.15) is 6.92 Å². The third-order valence-corrected chi connectivity index (χ3v) is 2.63. The number of nitrogens with two attached hydrogens (primary N) is 1. The summed E-state index contributed by atoms with van der Waals surface area (Å²) in [6, 6.07) is 0.211. The zero-order valence-corrected chi connectivity index (χ0v) is 11.5. The monoisotopic (exact) mass is 285 g/mol. The molecule has 0 spiro atoms. The molecule has 0 aliphatic rings. The number of likely N-dealkylation sites (N-methyl/N-ethyl adjacent to an activating group) is 1. The first-order chi connectivity index (χ1) is 7.63. The van der Waals surface area contributed by atoms with Crippen LogP contribution >= 0.6 is 11.8 Å². The first kappa shape index (κ1) is 18.7. The van der Waals surface area contributed by atoms with Crippen molar-refractivity contribution < 1.29 is 17.5 Å². The Kier molecular flexibility index (Phi) is 10.4. The van der Waals surface area contributed by atoms with Crippen molar-refractivity contribution in [2.24, 2.45) is 5.73 Å². The molecular formula is C8H19N3O4S2. The van der Waals surface area contributed by atoms with Crippen molar-refractivity contribution in [1.29, 1.82) is 5.41 Å². The van der Waals surface area contributed by atoms with Gasteiger partial charge < -0.3 is 10.6 Å². The summed E-state index contributed by atoms with van der Waals surface area (Å²) in [4.78, 5) is 1.87. The Morgan fingerprint density at radius 2 is 2.06 bits per heavy atom. The molecule has 0 aliphatic heterocycles. The Morgan fingerprint density at radius 3 is 2.35 bits per heavy atom. The fraction of sp³-hybridized carbons (Fsp3) is 0.625. The maximum Gasteiger partial charge on any atom is 0.394 e. The zero-order chi connectivity index (χ0) is 14.1. The predicted molar refractivity (Wildman–Crippen MR) is 70.8 cm³/mol. The Hall–Kier alpha value is -0.610. The second kappa shape index (κ2) is 9.42. The molecular weight excluding hydrogens is 266 g/mol. The molecule has 7 nitrogen and oxygen atoms in total. The van der Waals surface area contributed by atoms with Crippen molar-refractivity contribution in [3.8, 4) is 0 Å². The first-order valence-electron chi connectivity index (χ1n) is 4.60. The third kappa shape index (κ3) is 15.4. The number of rotatable bonds is 4. The minimum absolute atomic E-state index is 0.211. The molecule has 1 atom stereocenters. The zero-order valence-electron chi connectivity index (χ0n) is 9.83. The molecule has 9 heteroatoms. The van der Waals surface area contributed by atoms with E-state index in [1.807, 2.05) is 24.9 Å². The molecule has 0 fully saturated rings. The third-order valence-electron chi connectivity index (χ3n) is 1.63. The molecule has 0 rings (SSSR count). The van der Waals surface area contributed by atoms with Crippen LogP contribution in [0.15, 0.2) is 12.7 Å². The Bertz CT molecular complexity index is 324. The van der Waals surface area contributed by atoms with Gasteiger partial charge >= 0.3 is 10.4 Å². The summed E-state index contributed by atoms with van der Waals surface area (Å²) in [5, 5.41) is 8.17. The van der Waals surface area contributed by atoms with Gasteiger partial charge in [0.25, 0.3) is 0 Å². The number of nitrogens with zero attached hydrogens (tertiary/aromatic N) is 1. The molecule has 1 unspecified atom stereocenters. The largest absolute Gasteiger partial charge is 0.394 e. The van der Waals surface area contributed by atoms with Crippen LogP contribution in [0, 0.1) is 5.41 Å². The molecule has 0 aromatic carbocycles. The van der Waals surface area contributed by atoms with Gasteiger partial charge in [-0.2, -0.15) is 8.42 Å². The summed E-state index contributed by atoms with van der Waals surface area (Å²) >= 11 is 1.46. The highest BCUT2D eigenvalue weighted by Crippen LogP contribution is 2.08. The quantitative estimate of drug-likeness (QED) is 0.256. The molecule has 0 aromatic rings. The number of nitrogens with one attached hydrogen (secondary N) is 1. The van der Waals surface area contributed by atoms with Crippen LogP contribution in [0.3, 0.4) is 0 Å². The number of hydrogen-bond donors (Lipinski definition) is 4.